The predicted octanol–water partition coefficient (Wildman–Crippen LogP) is 3.95. The molecule has 2 heterocycles. The minimum atomic E-state index is 0.649. The lowest BCUT2D eigenvalue weighted by atomic mass is 9.93. The third-order valence-electron chi connectivity index (χ3n) is 4.42. The minimum absolute atomic E-state index is 0.649. The van der Waals surface area contributed by atoms with Gasteiger partial charge < -0.3 is 9.47 Å². The number of hydrogen-bond acceptors (Lipinski definition) is 1. The molecule has 18 heavy (non-hydrogen) atoms. The molecule has 1 fully saturated rings. The number of likely N-dealkylation sites (tertiary alicyclic amines) is 1. The van der Waals surface area contributed by atoms with Crippen molar-refractivity contribution in [2.75, 3.05) is 13.1 Å². The summed E-state index contributed by atoms with van der Waals surface area (Å²) in [6.45, 7) is 9.59. The molecule has 1 aliphatic rings. The second kappa shape index (κ2) is 6.42. The lowest BCUT2D eigenvalue weighted by molar-refractivity contribution is 0.225. The molecule has 1 saturated heterocycles. The van der Waals surface area contributed by atoms with Gasteiger partial charge in [0.25, 0.3) is 0 Å². The molecule has 0 aliphatic carbocycles. The van der Waals surface area contributed by atoms with Crippen LogP contribution < -0.4 is 0 Å². The summed E-state index contributed by atoms with van der Waals surface area (Å²) in [7, 11) is 0. The Morgan fingerprint density at radius 1 is 1.06 bits per heavy atom. The van der Waals surface area contributed by atoms with E-state index in [2.05, 4.69) is 54.8 Å². The minimum Gasteiger partial charge on any atom is -0.352 e. The summed E-state index contributed by atoms with van der Waals surface area (Å²) in [4.78, 5) is 2.64. The van der Waals surface area contributed by atoms with Crippen LogP contribution in [0.2, 0.25) is 0 Å². The molecule has 1 aromatic heterocycles. The zero-order valence-electron chi connectivity index (χ0n) is 12.2. The van der Waals surface area contributed by atoms with Gasteiger partial charge in [0.05, 0.1) is 0 Å². The molecule has 0 N–H and O–H groups in total. The van der Waals surface area contributed by atoms with Gasteiger partial charge in [0, 0.05) is 24.5 Å². The summed E-state index contributed by atoms with van der Waals surface area (Å²) in [6.07, 6.45) is 9.89. The SMILES string of the molecule is CC(C)N1CCCC(CC(C)n2cccc2)CC1. The molecule has 102 valence electrons. The van der Waals surface area contributed by atoms with Crippen molar-refractivity contribution < 1.29 is 0 Å². The lowest BCUT2D eigenvalue weighted by Gasteiger charge is -2.25. The van der Waals surface area contributed by atoms with Crippen molar-refractivity contribution >= 4 is 0 Å². The molecule has 0 aromatic carbocycles. The number of aromatic nitrogens is 1. The molecular formula is C16H28N2. The highest BCUT2D eigenvalue weighted by Crippen LogP contribution is 2.27. The molecule has 0 spiro atoms. The fraction of sp³-hybridized carbons (Fsp3) is 0.750. The van der Waals surface area contributed by atoms with Crippen molar-refractivity contribution in [3.05, 3.63) is 24.5 Å². The Hall–Kier alpha value is -0.760. The van der Waals surface area contributed by atoms with Crippen LogP contribution >= 0.6 is 0 Å². The maximum absolute atomic E-state index is 2.64. The van der Waals surface area contributed by atoms with E-state index < -0.39 is 0 Å². The molecular weight excluding hydrogens is 220 g/mol. The van der Waals surface area contributed by atoms with Crippen molar-refractivity contribution in [3.8, 4) is 0 Å². The van der Waals surface area contributed by atoms with Crippen LogP contribution in [-0.2, 0) is 0 Å². The molecule has 2 nitrogen and oxygen atoms in total. The summed E-state index contributed by atoms with van der Waals surface area (Å²) in [5.41, 5.74) is 0. The van der Waals surface area contributed by atoms with E-state index >= 15 is 0 Å². The maximum atomic E-state index is 2.64. The Labute approximate surface area is 112 Å². The fourth-order valence-electron chi connectivity index (χ4n) is 3.19. The zero-order valence-corrected chi connectivity index (χ0v) is 12.2. The van der Waals surface area contributed by atoms with Gasteiger partial charge in [0.1, 0.15) is 0 Å². The molecule has 0 amide bonds. The monoisotopic (exact) mass is 248 g/mol. The molecule has 2 unspecified atom stereocenters. The van der Waals surface area contributed by atoms with E-state index in [9.17, 15) is 0 Å². The van der Waals surface area contributed by atoms with Crippen molar-refractivity contribution in [1.82, 2.24) is 9.47 Å². The summed E-state index contributed by atoms with van der Waals surface area (Å²) in [5, 5.41) is 0. The zero-order chi connectivity index (χ0) is 13.0. The first-order chi connectivity index (χ1) is 8.66. The molecule has 2 rings (SSSR count). The van der Waals surface area contributed by atoms with Gasteiger partial charge in [-0.3, -0.25) is 0 Å². The van der Waals surface area contributed by atoms with Crippen LogP contribution in [0.4, 0.5) is 0 Å². The number of rotatable bonds is 4. The van der Waals surface area contributed by atoms with Gasteiger partial charge in [-0.15, -0.1) is 0 Å². The standard InChI is InChI=1S/C16H28N2/c1-14(2)17-11-6-7-16(8-12-17)13-15(3)18-9-4-5-10-18/h4-5,9-10,14-16H,6-8,11-13H2,1-3H3. The Balaban J connectivity index is 1.83. The first kappa shape index (κ1) is 13.7. The lowest BCUT2D eigenvalue weighted by Crippen LogP contribution is -2.31. The smallest absolute Gasteiger partial charge is 0.0305 e. The summed E-state index contributed by atoms with van der Waals surface area (Å²) in [5.74, 6) is 0.908. The van der Waals surface area contributed by atoms with Crippen LogP contribution in [0.25, 0.3) is 0 Å². The first-order valence-electron chi connectivity index (χ1n) is 7.53. The Morgan fingerprint density at radius 2 is 1.78 bits per heavy atom. The second-order valence-corrected chi connectivity index (χ2v) is 6.14. The summed E-state index contributed by atoms with van der Waals surface area (Å²) < 4.78 is 2.35. The Morgan fingerprint density at radius 3 is 2.44 bits per heavy atom. The van der Waals surface area contributed by atoms with Crippen LogP contribution in [0.3, 0.4) is 0 Å². The number of hydrogen-bond donors (Lipinski definition) is 0. The van der Waals surface area contributed by atoms with Gasteiger partial charge >= 0.3 is 0 Å². The van der Waals surface area contributed by atoms with Crippen molar-refractivity contribution in [2.45, 2.75) is 58.5 Å². The molecule has 1 aromatic rings. The molecule has 0 saturated carbocycles. The van der Waals surface area contributed by atoms with E-state index in [0.717, 1.165) is 5.92 Å². The summed E-state index contributed by atoms with van der Waals surface area (Å²) in [6, 6.07) is 5.62. The van der Waals surface area contributed by atoms with Gasteiger partial charge in [-0.25, -0.2) is 0 Å². The van der Waals surface area contributed by atoms with E-state index in [1.54, 1.807) is 0 Å². The average Bonchev–Trinajstić information content (AvgIpc) is 2.77. The molecule has 0 radical (unpaired) electrons. The molecule has 2 atom stereocenters. The van der Waals surface area contributed by atoms with Crippen LogP contribution in [-0.4, -0.2) is 28.6 Å². The van der Waals surface area contributed by atoms with Crippen LogP contribution in [0.5, 0.6) is 0 Å². The van der Waals surface area contributed by atoms with Gasteiger partial charge in [-0.1, -0.05) is 0 Å². The predicted molar refractivity (Wildman–Crippen MR) is 77.8 cm³/mol. The van der Waals surface area contributed by atoms with E-state index in [-0.39, 0.29) is 0 Å². The van der Waals surface area contributed by atoms with E-state index in [0.29, 0.717) is 12.1 Å². The average molecular weight is 248 g/mol. The second-order valence-electron chi connectivity index (χ2n) is 6.14. The fourth-order valence-corrected chi connectivity index (χ4v) is 3.19. The quantitative estimate of drug-likeness (QED) is 0.783. The molecule has 1 aliphatic heterocycles. The van der Waals surface area contributed by atoms with Crippen LogP contribution in [0.15, 0.2) is 24.5 Å². The van der Waals surface area contributed by atoms with Crippen LogP contribution in [0, 0.1) is 5.92 Å². The third kappa shape index (κ3) is 3.61. The van der Waals surface area contributed by atoms with Gasteiger partial charge in [-0.2, -0.15) is 0 Å². The highest BCUT2D eigenvalue weighted by atomic mass is 15.1. The largest absolute Gasteiger partial charge is 0.352 e. The molecule has 0 bridgehead atoms. The first-order valence-corrected chi connectivity index (χ1v) is 7.53. The Bertz CT molecular complexity index is 329. The third-order valence-corrected chi connectivity index (χ3v) is 4.42. The van der Waals surface area contributed by atoms with Gasteiger partial charge in [0.15, 0.2) is 0 Å². The highest BCUT2D eigenvalue weighted by Gasteiger charge is 2.20. The molecule has 2 heteroatoms. The van der Waals surface area contributed by atoms with E-state index in [1.807, 2.05) is 0 Å². The van der Waals surface area contributed by atoms with Gasteiger partial charge in [0.2, 0.25) is 0 Å². The van der Waals surface area contributed by atoms with Crippen LogP contribution in [0.1, 0.15) is 52.5 Å². The van der Waals surface area contributed by atoms with Gasteiger partial charge in [-0.05, 0) is 77.6 Å². The highest BCUT2D eigenvalue weighted by molar-refractivity contribution is 4.92. The van der Waals surface area contributed by atoms with E-state index in [1.165, 1.54) is 38.8 Å². The van der Waals surface area contributed by atoms with E-state index in [4.69, 9.17) is 0 Å². The number of nitrogens with zero attached hydrogens (tertiary/aromatic N) is 2. The van der Waals surface area contributed by atoms with Crippen molar-refractivity contribution in [3.63, 3.8) is 0 Å². The maximum Gasteiger partial charge on any atom is 0.0305 e. The van der Waals surface area contributed by atoms with Crippen molar-refractivity contribution in [1.29, 1.82) is 0 Å². The van der Waals surface area contributed by atoms with Crippen molar-refractivity contribution in [2.24, 2.45) is 5.92 Å². The normalized spacial score (nSPS) is 24.1. The summed E-state index contributed by atoms with van der Waals surface area (Å²) >= 11 is 0. The topological polar surface area (TPSA) is 8.17 Å². The Kier molecular flexibility index (Phi) is 4.87.